The number of nitrogens with two attached hydrogens (primary N) is 1. The summed E-state index contributed by atoms with van der Waals surface area (Å²) in [6, 6.07) is 27.2. The number of ether oxygens (including phenoxy) is 1. The van der Waals surface area contributed by atoms with Gasteiger partial charge in [0.05, 0.1) is 13.0 Å². The van der Waals surface area contributed by atoms with Crippen LogP contribution in [0.25, 0.3) is 0 Å². The van der Waals surface area contributed by atoms with E-state index in [0.29, 0.717) is 0 Å². The standard InChI is InChI=1S/C28H30N2O4/c1-3-34-24(31)19-20(2)25(26(29)32)30-27(33)28(21-13-7-4-8-14-21,22-15-9-5-10-16-22)23-17-11-6-12-18-23/h4-18,20,25H,3,19H2,1-2H3,(H2,29,32)(H,30,33)/t20-,25+/m0/s1. The van der Waals surface area contributed by atoms with Gasteiger partial charge in [0, 0.05) is 0 Å². The van der Waals surface area contributed by atoms with Crippen molar-refractivity contribution < 1.29 is 19.1 Å². The maximum atomic E-state index is 14.3. The molecule has 2 atom stereocenters. The third-order valence-corrected chi connectivity index (χ3v) is 5.92. The molecule has 0 radical (unpaired) electrons. The Labute approximate surface area is 200 Å². The van der Waals surface area contributed by atoms with Crippen molar-refractivity contribution in [2.24, 2.45) is 11.7 Å². The summed E-state index contributed by atoms with van der Waals surface area (Å²) in [4.78, 5) is 38.7. The number of primary amides is 1. The van der Waals surface area contributed by atoms with E-state index in [-0.39, 0.29) is 13.0 Å². The maximum Gasteiger partial charge on any atom is 0.306 e. The lowest BCUT2D eigenvalue weighted by molar-refractivity contribution is -0.145. The van der Waals surface area contributed by atoms with Crippen molar-refractivity contribution in [1.29, 1.82) is 0 Å². The number of rotatable bonds is 10. The molecule has 6 heteroatoms. The fraction of sp³-hybridized carbons (Fsp3) is 0.250. The molecule has 3 aromatic carbocycles. The fourth-order valence-corrected chi connectivity index (χ4v) is 4.30. The number of hydrogen-bond donors (Lipinski definition) is 2. The molecule has 0 spiro atoms. The molecule has 3 N–H and O–H groups in total. The molecule has 6 nitrogen and oxygen atoms in total. The molecule has 2 amide bonds. The van der Waals surface area contributed by atoms with Gasteiger partial charge in [0.1, 0.15) is 11.5 Å². The largest absolute Gasteiger partial charge is 0.466 e. The molecule has 0 aliphatic rings. The number of carbonyl (C=O) groups is 3. The molecule has 0 saturated carbocycles. The first-order valence-electron chi connectivity index (χ1n) is 11.3. The van der Waals surface area contributed by atoms with E-state index in [9.17, 15) is 14.4 Å². The number of carbonyl (C=O) groups excluding carboxylic acids is 3. The summed E-state index contributed by atoms with van der Waals surface area (Å²) in [5.41, 5.74) is 6.67. The summed E-state index contributed by atoms with van der Waals surface area (Å²) in [6.07, 6.45) is -0.0449. The second-order valence-electron chi connectivity index (χ2n) is 8.19. The van der Waals surface area contributed by atoms with Crippen LogP contribution >= 0.6 is 0 Å². The second kappa shape index (κ2) is 11.3. The molecule has 3 rings (SSSR count). The molecule has 3 aromatic rings. The summed E-state index contributed by atoms with van der Waals surface area (Å²) in [7, 11) is 0. The highest BCUT2D eigenvalue weighted by molar-refractivity contribution is 5.98. The number of nitrogens with one attached hydrogen (secondary N) is 1. The van der Waals surface area contributed by atoms with Gasteiger partial charge in [-0.3, -0.25) is 14.4 Å². The molecular weight excluding hydrogens is 428 g/mol. The van der Waals surface area contributed by atoms with Crippen molar-refractivity contribution in [2.75, 3.05) is 6.61 Å². The monoisotopic (exact) mass is 458 g/mol. The molecule has 0 bridgehead atoms. The Bertz CT molecular complexity index is 1000. The quantitative estimate of drug-likeness (QED) is 0.358. The molecule has 34 heavy (non-hydrogen) atoms. The van der Waals surface area contributed by atoms with Crippen LogP contribution in [0, 0.1) is 5.92 Å². The van der Waals surface area contributed by atoms with Crippen molar-refractivity contribution in [1.82, 2.24) is 5.32 Å². The van der Waals surface area contributed by atoms with Crippen LogP contribution in [0.3, 0.4) is 0 Å². The van der Waals surface area contributed by atoms with Crippen molar-refractivity contribution in [3.63, 3.8) is 0 Å². The highest BCUT2D eigenvalue weighted by Crippen LogP contribution is 2.39. The van der Waals surface area contributed by atoms with Gasteiger partial charge in [-0.15, -0.1) is 0 Å². The van der Waals surface area contributed by atoms with Crippen molar-refractivity contribution in [3.8, 4) is 0 Å². The van der Waals surface area contributed by atoms with Gasteiger partial charge < -0.3 is 15.8 Å². The predicted octanol–water partition coefficient (Wildman–Crippen LogP) is 3.58. The lowest BCUT2D eigenvalue weighted by Gasteiger charge is -2.36. The molecule has 0 unspecified atom stereocenters. The number of benzene rings is 3. The summed E-state index contributed by atoms with van der Waals surface area (Å²) in [5.74, 6) is -2.12. The Hall–Kier alpha value is -3.93. The van der Waals surface area contributed by atoms with Crippen molar-refractivity contribution in [3.05, 3.63) is 108 Å². The average Bonchev–Trinajstić information content (AvgIpc) is 2.85. The Morgan fingerprint density at radius 2 is 1.24 bits per heavy atom. The second-order valence-corrected chi connectivity index (χ2v) is 8.19. The molecule has 0 saturated heterocycles. The molecule has 0 aliphatic heterocycles. The third kappa shape index (κ3) is 5.17. The van der Waals surface area contributed by atoms with E-state index in [1.807, 2.05) is 91.0 Å². The summed E-state index contributed by atoms with van der Waals surface area (Å²) < 4.78 is 5.02. The van der Waals surface area contributed by atoms with E-state index in [2.05, 4.69) is 5.32 Å². The minimum absolute atomic E-state index is 0.0449. The Morgan fingerprint density at radius 3 is 1.59 bits per heavy atom. The average molecular weight is 459 g/mol. The topological polar surface area (TPSA) is 98.5 Å². The first kappa shape index (κ1) is 24.7. The van der Waals surface area contributed by atoms with Gasteiger partial charge >= 0.3 is 5.97 Å². The minimum Gasteiger partial charge on any atom is -0.466 e. The summed E-state index contributed by atoms with van der Waals surface area (Å²) in [5, 5.41) is 2.88. The van der Waals surface area contributed by atoms with Gasteiger partial charge in [-0.1, -0.05) is 97.9 Å². The maximum absolute atomic E-state index is 14.3. The van der Waals surface area contributed by atoms with Crippen LogP contribution < -0.4 is 11.1 Å². The molecule has 0 aliphatic carbocycles. The highest BCUT2D eigenvalue weighted by atomic mass is 16.5. The van der Waals surface area contributed by atoms with E-state index >= 15 is 0 Å². The van der Waals surface area contributed by atoms with Crippen LogP contribution in [0.4, 0.5) is 0 Å². The molecule has 0 fully saturated rings. The van der Waals surface area contributed by atoms with Gasteiger partial charge in [0.2, 0.25) is 11.8 Å². The fourth-order valence-electron chi connectivity index (χ4n) is 4.30. The van der Waals surface area contributed by atoms with E-state index in [1.54, 1.807) is 13.8 Å². The number of esters is 1. The number of hydrogen-bond acceptors (Lipinski definition) is 4. The van der Waals surface area contributed by atoms with Crippen LogP contribution in [0.5, 0.6) is 0 Å². The van der Waals surface area contributed by atoms with Crippen LogP contribution in [0.15, 0.2) is 91.0 Å². The van der Waals surface area contributed by atoms with Crippen LogP contribution in [-0.2, 0) is 24.5 Å². The van der Waals surface area contributed by atoms with E-state index < -0.39 is 35.2 Å². The van der Waals surface area contributed by atoms with E-state index in [4.69, 9.17) is 10.5 Å². The molecular formula is C28H30N2O4. The van der Waals surface area contributed by atoms with Gasteiger partial charge in [-0.2, -0.15) is 0 Å². The highest BCUT2D eigenvalue weighted by Gasteiger charge is 2.45. The zero-order valence-corrected chi connectivity index (χ0v) is 19.4. The Balaban J connectivity index is 2.13. The Morgan fingerprint density at radius 1 is 0.824 bits per heavy atom. The van der Waals surface area contributed by atoms with E-state index in [0.717, 1.165) is 16.7 Å². The zero-order valence-electron chi connectivity index (χ0n) is 19.4. The van der Waals surface area contributed by atoms with Crippen molar-refractivity contribution in [2.45, 2.75) is 31.7 Å². The first-order valence-corrected chi connectivity index (χ1v) is 11.3. The van der Waals surface area contributed by atoms with Gasteiger partial charge in [-0.25, -0.2) is 0 Å². The number of amides is 2. The molecule has 176 valence electrons. The van der Waals surface area contributed by atoms with Crippen molar-refractivity contribution >= 4 is 17.8 Å². The van der Waals surface area contributed by atoms with Crippen LogP contribution in [-0.4, -0.2) is 30.4 Å². The van der Waals surface area contributed by atoms with Crippen LogP contribution in [0.1, 0.15) is 37.0 Å². The first-order chi connectivity index (χ1) is 16.4. The van der Waals surface area contributed by atoms with E-state index in [1.165, 1.54) is 0 Å². The Kier molecular flexibility index (Phi) is 8.19. The lowest BCUT2D eigenvalue weighted by Crippen LogP contribution is -2.55. The van der Waals surface area contributed by atoms with Gasteiger partial charge in [0.15, 0.2) is 0 Å². The molecule has 0 heterocycles. The van der Waals surface area contributed by atoms with Crippen LogP contribution in [0.2, 0.25) is 0 Å². The normalized spacial score (nSPS) is 12.9. The smallest absolute Gasteiger partial charge is 0.306 e. The zero-order chi connectivity index (χ0) is 24.6. The summed E-state index contributed by atoms with van der Waals surface area (Å²) in [6.45, 7) is 3.64. The lowest BCUT2D eigenvalue weighted by atomic mass is 9.68. The van der Waals surface area contributed by atoms with Gasteiger partial charge in [-0.05, 0) is 29.5 Å². The molecule has 0 aromatic heterocycles. The van der Waals surface area contributed by atoms with Gasteiger partial charge in [0.25, 0.3) is 0 Å². The third-order valence-electron chi connectivity index (χ3n) is 5.92. The minimum atomic E-state index is -1.25. The SMILES string of the molecule is CCOC(=O)C[C@H](C)[C@@H](NC(=O)C(c1ccccc1)(c1ccccc1)c1ccccc1)C(N)=O. The summed E-state index contributed by atoms with van der Waals surface area (Å²) >= 11 is 0. The predicted molar refractivity (Wildman–Crippen MR) is 131 cm³/mol.